The standard InChI is InChI=1S/C13H13FO2/c14-9-3-1-2-8(6-9)13(15)11-7-10-4-5-12(11)16-10/h1-3,6,10-12H,4-5,7H2. The molecule has 0 amide bonds. The smallest absolute Gasteiger partial charge is 0.168 e. The van der Waals surface area contributed by atoms with Crippen molar-refractivity contribution in [2.75, 3.05) is 0 Å². The molecule has 0 radical (unpaired) electrons. The lowest BCUT2D eigenvalue weighted by atomic mass is 9.84. The van der Waals surface area contributed by atoms with Crippen LogP contribution in [0, 0.1) is 11.7 Å². The number of Topliss-reactive ketones (excluding diaryl/α,β-unsaturated/α-hetero) is 1. The fourth-order valence-electron chi connectivity index (χ4n) is 2.77. The van der Waals surface area contributed by atoms with Crippen LogP contribution in [0.25, 0.3) is 0 Å². The van der Waals surface area contributed by atoms with Crippen LogP contribution in [0.5, 0.6) is 0 Å². The molecule has 2 heterocycles. The summed E-state index contributed by atoms with van der Waals surface area (Å²) in [4.78, 5) is 12.1. The SMILES string of the molecule is O=C(c1cccc(F)c1)C1CC2CCC1O2. The Morgan fingerprint density at radius 1 is 1.38 bits per heavy atom. The average molecular weight is 220 g/mol. The van der Waals surface area contributed by atoms with Gasteiger partial charge in [-0.25, -0.2) is 4.39 Å². The third-order valence-corrected chi connectivity index (χ3v) is 3.55. The third-order valence-electron chi connectivity index (χ3n) is 3.55. The zero-order chi connectivity index (χ0) is 11.1. The van der Waals surface area contributed by atoms with Gasteiger partial charge in [-0.3, -0.25) is 4.79 Å². The summed E-state index contributed by atoms with van der Waals surface area (Å²) < 4.78 is 18.7. The monoisotopic (exact) mass is 220 g/mol. The maximum atomic E-state index is 13.0. The van der Waals surface area contributed by atoms with Gasteiger partial charge in [-0.05, 0) is 31.4 Å². The van der Waals surface area contributed by atoms with Crippen molar-refractivity contribution in [2.45, 2.75) is 31.5 Å². The van der Waals surface area contributed by atoms with Crippen molar-refractivity contribution in [3.8, 4) is 0 Å². The number of hydrogen-bond acceptors (Lipinski definition) is 2. The normalized spacial score (nSPS) is 31.9. The van der Waals surface area contributed by atoms with Crippen LogP contribution < -0.4 is 0 Å². The van der Waals surface area contributed by atoms with E-state index in [1.165, 1.54) is 12.1 Å². The molecule has 0 aliphatic carbocycles. The molecule has 2 bridgehead atoms. The number of hydrogen-bond donors (Lipinski definition) is 0. The molecule has 1 aromatic carbocycles. The molecule has 2 nitrogen and oxygen atoms in total. The molecule has 3 rings (SSSR count). The second-order valence-electron chi connectivity index (χ2n) is 4.59. The lowest BCUT2D eigenvalue weighted by molar-refractivity contribution is 0.0743. The largest absolute Gasteiger partial charge is 0.374 e. The molecule has 0 N–H and O–H groups in total. The van der Waals surface area contributed by atoms with Gasteiger partial charge < -0.3 is 4.74 Å². The summed E-state index contributed by atoms with van der Waals surface area (Å²) in [5, 5.41) is 0. The van der Waals surface area contributed by atoms with E-state index in [1.54, 1.807) is 12.1 Å². The first-order valence-electron chi connectivity index (χ1n) is 5.69. The topological polar surface area (TPSA) is 26.3 Å². The highest BCUT2D eigenvalue weighted by atomic mass is 19.1. The van der Waals surface area contributed by atoms with E-state index in [1.807, 2.05) is 0 Å². The van der Waals surface area contributed by atoms with E-state index in [0.29, 0.717) is 5.56 Å². The summed E-state index contributed by atoms with van der Waals surface area (Å²) >= 11 is 0. The summed E-state index contributed by atoms with van der Waals surface area (Å²) in [6.45, 7) is 0. The van der Waals surface area contributed by atoms with Gasteiger partial charge in [0.25, 0.3) is 0 Å². The first-order valence-corrected chi connectivity index (χ1v) is 5.69. The van der Waals surface area contributed by atoms with Gasteiger partial charge >= 0.3 is 0 Å². The van der Waals surface area contributed by atoms with Crippen LogP contribution in [0.3, 0.4) is 0 Å². The summed E-state index contributed by atoms with van der Waals surface area (Å²) in [5.74, 6) is -0.373. The van der Waals surface area contributed by atoms with Crippen LogP contribution in [-0.2, 0) is 4.74 Å². The molecule has 2 saturated heterocycles. The number of fused-ring (bicyclic) bond motifs is 2. The van der Waals surface area contributed by atoms with Gasteiger partial charge in [0, 0.05) is 5.56 Å². The van der Waals surface area contributed by atoms with Crippen LogP contribution in [0.4, 0.5) is 4.39 Å². The van der Waals surface area contributed by atoms with Gasteiger partial charge in [-0.15, -0.1) is 0 Å². The van der Waals surface area contributed by atoms with Crippen molar-refractivity contribution >= 4 is 5.78 Å². The Morgan fingerprint density at radius 3 is 2.88 bits per heavy atom. The van der Waals surface area contributed by atoms with Crippen molar-refractivity contribution in [1.29, 1.82) is 0 Å². The van der Waals surface area contributed by atoms with Gasteiger partial charge in [0.05, 0.1) is 18.1 Å². The zero-order valence-corrected chi connectivity index (χ0v) is 8.86. The van der Waals surface area contributed by atoms with Gasteiger partial charge in [-0.1, -0.05) is 12.1 Å². The highest BCUT2D eigenvalue weighted by Crippen LogP contribution is 2.40. The Balaban J connectivity index is 1.83. The summed E-state index contributed by atoms with van der Waals surface area (Å²) in [6.07, 6.45) is 3.17. The lowest BCUT2D eigenvalue weighted by Gasteiger charge is -2.17. The molecule has 84 valence electrons. The predicted octanol–water partition coefficient (Wildman–Crippen LogP) is 2.58. The average Bonchev–Trinajstić information content (AvgIpc) is 2.89. The van der Waals surface area contributed by atoms with Gasteiger partial charge in [0.2, 0.25) is 0 Å². The summed E-state index contributed by atoms with van der Waals surface area (Å²) in [7, 11) is 0. The molecule has 0 aromatic heterocycles. The second-order valence-corrected chi connectivity index (χ2v) is 4.59. The predicted molar refractivity (Wildman–Crippen MR) is 56.7 cm³/mol. The molecule has 0 spiro atoms. The number of halogens is 1. The summed E-state index contributed by atoms with van der Waals surface area (Å²) in [6, 6.07) is 5.93. The van der Waals surface area contributed by atoms with Crippen molar-refractivity contribution < 1.29 is 13.9 Å². The molecule has 2 aliphatic rings. The number of ketones is 1. The maximum Gasteiger partial charge on any atom is 0.168 e. The minimum atomic E-state index is -0.352. The third kappa shape index (κ3) is 1.55. The molecular weight excluding hydrogens is 207 g/mol. The Hall–Kier alpha value is -1.22. The minimum Gasteiger partial charge on any atom is -0.374 e. The maximum absolute atomic E-state index is 13.0. The zero-order valence-electron chi connectivity index (χ0n) is 8.86. The van der Waals surface area contributed by atoms with E-state index >= 15 is 0 Å². The molecule has 2 fully saturated rings. The molecular formula is C13H13FO2. The van der Waals surface area contributed by atoms with E-state index < -0.39 is 0 Å². The van der Waals surface area contributed by atoms with Crippen molar-refractivity contribution in [3.05, 3.63) is 35.6 Å². The lowest BCUT2D eigenvalue weighted by Crippen LogP contribution is -2.25. The Bertz CT molecular complexity index is 430. The fourth-order valence-corrected chi connectivity index (χ4v) is 2.77. The van der Waals surface area contributed by atoms with Crippen LogP contribution in [0.15, 0.2) is 24.3 Å². The Morgan fingerprint density at radius 2 is 2.25 bits per heavy atom. The van der Waals surface area contributed by atoms with Crippen molar-refractivity contribution in [3.63, 3.8) is 0 Å². The molecule has 3 unspecified atom stereocenters. The highest BCUT2D eigenvalue weighted by Gasteiger charge is 2.44. The van der Waals surface area contributed by atoms with Crippen LogP contribution in [-0.4, -0.2) is 18.0 Å². The molecule has 2 aliphatic heterocycles. The highest BCUT2D eigenvalue weighted by molar-refractivity contribution is 5.98. The van der Waals surface area contributed by atoms with Crippen LogP contribution in [0.1, 0.15) is 29.6 Å². The molecule has 0 saturated carbocycles. The van der Waals surface area contributed by atoms with E-state index in [2.05, 4.69) is 0 Å². The first-order chi connectivity index (χ1) is 7.74. The van der Waals surface area contributed by atoms with E-state index in [-0.39, 0.29) is 29.7 Å². The molecule has 3 atom stereocenters. The Kier molecular flexibility index (Phi) is 2.28. The quantitative estimate of drug-likeness (QED) is 0.716. The van der Waals surface area contributed by atoms with E-state index in [9.17, 15) is 9.18 Å². The first kappa shape index (κ1) is 9.97. The fraction of sp³-hybridized carbons (Fsp3) is 0.462. The number of ether oxygens (including phenoxy) is 1. The Labute approximate surface area is 93.4 Å². The van der Waals surface area contributed by atoms with Crippen molar-refractivity contribution in [1.82, 2.24) is 0 Å². The summed E-state index contributed by atoms with van der Waals surface area (Å²) in [5.41, 5.74) is 0.473. The van der Waals surface area contributed by atoms with Crippen molar-refractivity contribution in [2.24, 2.45) is 5.92 Å². The number of rotatable bonds is 2. The molecule has 16 heavy (non-hydrogen) atoms. The van der Waals surface area contributed by atoms with E-state index in [0.717, 1.165) is 19.3 Å². The number of carbonyl (C=O) groups excluding carboxylic acids is 1. The van der Waals surface area contributed by atoms with E-state index in [4.69, 9.17) is 4.74 Å². The minimum absolute atomic E-state index is 0.0340. The number of benzene rings is 1. The molecule has 3 heteroatoms. The molecule has 1 aromatic rings. The van der Waals surface area contributed by atoms with Crippen LogP contribution >= 0.6 is 0 Å². The second kappa shape index (κ2) is 3.67. The van der Waals surface area contributed by atoms with Crippen LogP contribution in [0.2, 0.25) is 0 Å². The van der Waals surface area contributed by atoms with Gasteiger partial charge in [0.1, 0.15) is 5.82 Å². The van der Waals surface area contributed by atoms with Gasteiger partial charge in [-0.2, -0.15) is 0 Å². The number of carbonyl (C=O) groups is 1. The van der Waals surface area contributed by atoms with Gasteiger partial charge in [0.15, 0.2) is 5.78 Å².